The molecule has 0 saturated carbocycles. The van der Waals surface area contributed by atoms with E-state index in [4.69, 9.17) is 14.2 Å². The Kier molecular flexibility index (Phi) is 6.89. The van der Waals surface area contributed by atoms with Crippen LogP contribution in [0.2, 0.25) is 0 Å². The summed E-state index contributed by atoms with van der Waals surface area (Å²) in [7, 11) is 4.83. The molecular formula is C20H23NO4. The molecule has 0 saturated heterocycles. The highest BCUT2D eigenvalue weighted by molar-refractivity contribution is 5.92. The molecule has 2 rings (SSSR count). The number of benzene rings is 2. The number of rotatable bonds is 8. The second-order valence-corrected chi connectivity index (χ2v) is 5.33. The lowest BCUT2D eigenvalue weighted by atomic mass is 10.1. The maximum absolute atomic E-state index is 12.0. The summed E-state index contributed by atoms with van der Waals surface area (Å²) in [6.45, 7) is 0.560. The van der Waals surface area contributed by atoms with Gasteiger partial charge in [-0.25, -0.2) is 0 Å². The van der Waals surface area contributed by atoms with Crippen LogP contribution in [0.25, 0.3) is 6.08 Å². The molecule has 0 bridgehead atoms. The Morgan fingerprint density at radius 1 is 0.960 bits per heavy atom. The predicted octanol–water partition coefficient (Wildman–Crippen LogP) is 3.08. The third kappa shape index (κ3) is 5.57. The van der Waals surface area contributed by atoms with Gasteiger partial charge < -0.3 is 19.5 Å². The monoisotopic (exact) mass is 341 g/mol. The maximum atomic E-state index is 12.0. The molecule has 0 heterocycles. The van der Waals surface area contributed by atoms with E-state index in [0.29, 0.717) is 18.0 Å². The van der Waals surface area contributed by atoms with Gasteiger partial charge in [0.1, 0.15) is 17.2 Å². The third-order valence-corrected chi connectivity index (χ3v) is 3.72. The lowest BCUT2D eigenvalue weighted by Gasteiger charge is -2.07. The standard InChI is InChI=1S/C20H23NO4/c1-23-17-7-4-15(5-8-17)12-13-21-20(22)11-6-16-14-18(24-2)9-10-19(16)25-3/h4-11,14H,12-13H2,1-3H3,(H,21,22). The average Bonchev–Trinajstić information content (AvgIpc) is 2.66. The number of nitrogens with one attached hydrogen (secondary N) is 1. The average molecular weight is 341 g/mol. The van der Waals surface area contributed by atoms with Crippen LogP contribution in [0.5, 0.6) is 17.2 Å². The van der Waals surface area contributed by atoms with Crippen molar-refractivity contribution < 1.29 is 19.0 Å². The molecule has 0 fully saturated rings. The molecule has 0 spiro atoms. The Hall–Kier alpha value is -2.95. The molecule has 2 aromatic rings. The SMILES string of the molecule is COc1ccc(CCNC(=O)C=Cc2cc(OC)ccc2OC)cc1. The normalized spacial score (nSPS) is 10.5. The van der Waals surface area contributed by atoms with Crippen molar-refractivity contribution in [1.29, 1.82) is 0 Å². The summed E-state index contributed by atoms with van der Waals surface area (Å²) in [5.74, 6) is 2.06. The Balaban J connectivity index is 1.88. The minimum atomic E-state index is -0.154. The van der Waals surface area contributed by atoms with E-state index in [1.807, 2.05) is 36.4 Å². The van der Waals surface area contributed by atoms with Crippen LogP contribution < -0.4 is 19.5 Å². The smallest absolute Gasteiger partial charge is 0.244 e. The fraction of sp³-hybridized carbons (Fsp3) is 0.250. The van der Waals surface area contributed by atoms with Crippen molar-refractivity contribution in [2.24, 2.45) is 0 Å². The molecule has 0 aliphatic heterocycles. The molecule has 0 atom stereocenters. The number of amides is 1. The van der Waals surface area contributed by atoms with Crippen molar-refractivity contribution in [2.45, 2.75) is 6.42 Å². The van der Waals surface area contributed by atoms with Crippen LogP contribution in [0, 0.1) is 0 Å². The summed E-state index contributed by atoms with van der Waals surface area (Å²) in [6.07, 6.45) is 3.96. The summed E-state index contributed by atoms with van der Waals surface area (Å²) < 4.78 is 15.6. The van der Waals surface area contributed by atoms with E-state index in [1.165, 1.54) is 6.08 Å². The maximum Gasteiger partial charge on any atom is 0.244 e. The summed E-state index contributed by atoms with van der Waals surface area (Å²) >= 11 is 0. The van der Waals surface area contributed by atoms with Gasteiger partial charge >= 0.3 is 0 Å². The van der Waals surface area contributed by atoms with Gasteiger partial charge in [-0.15, -0.1) is 0 Å². The van der Waals surface area contributed by atoms with E-state index in [9.17, 15) is 4.79 Å². The molecule has 25 heavy (non-hydrogen) atoms. The van der Waals surface area contributed by atoms with Gasteiger partial charge in [-0.05, 0) is 48.4 Å². The first-order valence-electron chi connectivity index (χ1n) is 7.97. The second-order valence-electron chi connectivity index (χ2n) is 5.33. The first-order chi connectivity index (χ1) is 12.2. The highest BCUT2D eigenvalue weighted by atomic mass is 16.5. The fourth-order valence-corrected chi connectivity index (χ4v) is 2.32. The van der Waals surface area contributed by atoms with Crippen molar-refractivity contribution in [3.05, 3.63) is 59.7 Å². The number of hydrogen-bond acceptors (Lipinski definition) is 4. The minimum Gasteiger partial charge on any atom is -0.497 e. The van der Waals surface area contributed by atoms with Crippen molar-refractivity contribution in [3.63, 3.8) is 0 Å². The Labute approximate surface area is 148 Å². The van der Waals surface area contributed by atoms with Crippen molar-refractivity contribution >= 4 is 12.0 Å². The molecular weight excluding hydrogens is 318 g/mol. The van der Waals surface area contributed by atoms with E-state index in [1.54, 1.807) is 33.5 Å². The topological polar surface area (TPSA) is 56.8 Å². The van der Waals surface area contributed by atoms with Gasteiger partial charge in [0.25, 0.3) is 0 Å². The largest absolute Gasteiger partial charge is 0.497 e. The van der Waals surface area contributed by atoms with Gasteiger partial charge in [0.2, 0.25) is 5.91 Å². The van der Waals surface area contributed by atoms with E-state index in [2.05, 4.69) is 5.32 Å². The van der Waals surface area contributed by atoms with Crippen molar-refractivity contribution in [1.82, 2.24) is 5.32 Å². The van der Waals surface area contributed by atoms with Crippen LogP contribution in [-0.4, -0.2) is 33.8 Å². The van der Waals surface area contributed by atoms with E-state index < -0.39 is 0 Å². The van der Waals surface area contributed by atoms with Crippen LogP contribution in [-0.2, 0) is 11.2 Å². The van der Waals surface area contributed by atoms with Crippen LogP contribution in [0.15, 0.2) is 48.5 Å². The van der Waals surface area contributed by atoms with Gasteiger partial charge in [0.05, 0.1) is 21.3 Å². The zero-order valence-corrected chi connectivity index (χ0v) is 14.7. The molecule has 0 unspecified atom stereocenters. The number of carbonyl (C=O) groups excluding carboxylic acids is 1. The molecule has 0 aliphatic carbocycles. The summed E-state index contributed by atoms with van der Waals surface area (Å²) in [5, 5.41) is 2.87. The minimum absolute atomic E-state index is 0.154. The molecule has 0 aliphatic rings. The van der Waals surface area contributed by atoms with Crippen LogP contribution in [0.4, 0.5) is 0 Å². The number of methoxy groups -OCH3 is 3. The van der Waals surface area contributed by atoms with Gasteiger partial charge in [-0.2, -0.15) is 0 Å². The molecule has 0 radical (unpaired) electrons. The van der Waals surface area contributed by atoms with Crippen molar-refractivity contribution in [2.75, 3.05) is 27.9 Å². The Morgan fingerprint density at radius 2 is 1.64 bits per heavy atom. The van der Waals surface area contributed by atoms with E-state index in [-0.39, 0.29) is 5.91 Å². The molecule has 1 amide bonds. The first-order valence-corrected chi connectivity index (χ1v) is 7.97. The van der Waals surface area contributed by atoms with Crippen LogP contribution >= 0.6 is 0 Å². The van der Waals surface area contributed by atoms with Gasteiger partial charge in [0, 0.05) is 18.2 Å². The number of carbonyl (C=O) groups is 1. The Bertz CT molecular complexity index is 723. The van der Waals surface area contributed by atoms with Crippen LogP contribution in [0.1, 0.15) is 11.1 Å². The first kappa shape index (κ1) is 18.4. The molecule has 0 aromatic heterocycles. The van der Waals surface area contributed by atoms with Gasteiger partial charge in [-0.1, -0.05) is 12.1 Å². The summed E-state index contributed by atoms with van der Waals surface area (Å²) in [4.78, 5) is 12.0. The fourth-order valence-electron chi connectivity index (χ4n) is 2.32. The highest BCUT2D eigenvalue weighted by Gasteiger charge is 2.03. The molecule has 1 N–H and O–H groups in total. The predicted molar refractivity (Wildman–Crippen MR) is 98.3 cm³/mol. The van der Waals surface area contributed by atoms with Crippen LogP contribution in [0.3, 0.4) is 0 Å². The second kappa shape index (κ2) is 9.37. The molecule has 132 valence electrons. The zero-order chi connectivity index (χ0) is 18.1. The van der Waals surface area contributed by atoms with Gasteiger partial charge in [0.15, 0.2) is 0 Å². The quantitative estimate of drug-likeness (QED) is 0.750. The van der Waals surface area contributed by atoms with Gasteiger partial charge in [-0.3, -0.25) is 4.79 Å². The number of ether oxygens (including phenoxy) is 3. The number of hydrogen-bond donors (Lipinski definition) is 1. The summed E-state index contributed by atoms with van der Waals surface area (Å²) in [6, 6.07) is 13.2. The van der Waals surface area contributed by atoms with Crippen molar-refractivity contribution in [3.8, 4) is 17.2 Å². The third-order valence-electron chi connectivity index (χ3n) is 3.72. The lowest BCUT2D eigenvalue weighted by Crippen LogP contribution is -2.23. The van der Waals surface area contributed by atoms with E-state index >= 15 is 0 Å². The summed E-state index contributed by atoms with van der Waals surface area (Å²) in [5.41, 5.74) is 1.92. The molecule has 5 nitrogen and oxygen atoms in total. The Morgan fingerprint density at radius 3 is 2.28 bits per heavy atom. The molecule has 5 heteroatoms. The lowest BCUT2D eigenvalue weighted by molar-refractivity contribution is -0.116. The highest BCUT2D eigenvalue weighted by Crippen LogP contribution is 2.24. The molecule has 2 aromatic carbocycles. The zero-order valence-electron chi connectivity index (χ0n) is 14.7. The van der Waals surface area contributed by atoms with E-state index in [0.717, 1.165) is 23.3 Å².